The van der Waals surface area contributed by atoms with Crippen LogP contribution in [0, 0.1) is 12.7 Å². The van der Waals surface area contributed by atoms with Crippen LogP contribution in [0.2, 0.25) is 0 Å². The second-order valence-corrected chi connectivity index (χ2v) is 7.27. The van der Waals surface area contributed by atoms with E-state index >= 15 is 0 Å². The Kier molecular flexibility index (Phi) is 4.38. The van der Waals surface area contributed by atoms with Gasteiger partial charge in [-0.2, -0.15) is 5.10 Å². The Morgan fingerprint density at radius 3 is 2.92 bits per heavy atom. The molecule has 1 aliphatic heterocycles. The van der Waals surface area contributed by atoms with Gasteiger partial charge in [0, 0.05) is 25.6 Å². The van der Waals surface area contributed by atoms with Gasteiger partial charge in [-0.1, -0.05) is 18.2 Å². The standard InChI is InChI=1S/C19H25FN6/c1-13-23-17-16(8-5-11-26(17)25-13)24-18(21-2)22-12-19(9-10-19)14-6-3-4-7-15(14)20/h3-4,6-7,16H,5,8-12H2,1-2H3,(H2,21,22,24). The number of aliphatic imine (C=N–C) groups is 1. The first-order chi connectivity index (χ1) is 12.6. The van der Waals surface area contributed by atoms with E-state index < -0.39 is 0 Å². The Labute approximate surface area is 152 Å². The fourth-order valence-electron chi connectivity index (χ4n) is 3.80. The molecule has 1 unspecified atom stereocenters. The number of benzene rings is 1. The smallest absolute Gasteiger partial charge is 0.191 e. The summed E-state index contributed by atoms with van der Waals surface area (Å²) in [7, 11) is 1.76. The maximum atomic E-state index is 14.2. The Balaban J connectivity index is 1.43. The number of guanidine groups is 1. The zero-order valence-corrected chi connectivity index (χ0v) is 15.3. The van der Waals surface area contributed by atoms with E-state index in [0.717, 1.165) is 55.4 Å². The molecule has 138 valence electrons. The number of rotatable bonds is 4. The lowest BCUT2D eigenvalue weighted by Crippen LogP contribution is -2.44. The molecule has 2 aliphatic rings. The molecule has 0 amide bonds. The van der Waals surface area contributed by atoms with E-state index in [9.17, 15) is 4.39 Å². The molecule has 1 aliphatic carbocycles. The monoisotopic (exact) mass is 356 g/mol. The van der Waals surface area contributed by atoms with Gasteiger partial charge < -0.3 is 10.6 Å². The predicted octanol–water partition coefficient (Wildman–Crippen LogP) is 2.46. The number of aryl methyl sites for hydroxylation is 2. The van der Waals surface area contributed by atoms with Gasteiger partial charge in [0.05, 0.1) is 6.04 Å². The summed E-state index contributed by atoms with van der Waals surface area (Å²) in [6.07, 6.45) is 4.05. The minimum absolute atomic E-state index is 0.0970. The van der Waals surface area contributed by atoms with E-state index in [-0.39, 0.29) is 17.3 Å². The summed E-state index contributed by atoms with van der Waals surface area (Å²) in [5.41, 5.74) is 0.683. The zero-order chi connectivity index (χ0) is 18.1. The maximum absolute atomic E-state index is 14.2. The van der Waals surface area contributed by atoms with Crippen LogP contribution in [0.15, 0.2) is 29.3 Å². The SMILES string of the molecule is CN=C(NCC1(c2ccccc2F)CC1)NC1CCCn2nc(C)nc21. The predicted molar refractivity (Wildman–Crippen MR) is 98.5 cm³/mol. The summed E-state index contributed by atoms with van der Waals surface area (Å²) in [4.78, 5) is 8.91. The average Bonchev–Trinajstić information content (AvgIpc) is 3.32. The largest absolute Gasteiger partial charge is 0.356 e. The van der Waals surface area contributed by atoms with Crippen molar-refractivity contribution in [2.24, 2.45) is 4.99 Å². The summed E-state index contributed by atoms with van der Waals surface area (Å²) in [5.74, 6) is 2.37. The van der Waals surface area contributed by atoms with Crippen molar-refractivity contribution in [2.75, 3.05) is 13.6 Å². The van der Waals surface area contributed by atoms with E-state index in [4.69, 9.17) is 0 Å². The minimum atomic E-state index is -0.120. The number of halogens is 1. The van der Waals surface area contributed by atoms with Crippen LogP contribution in [-0.2, 0) is 12.0 Å². The Bertz CT molecular complexity index is 823. The fourth-order valence-corrected chi connectivity index (χ4v) is 3.80. The Morgan fingerprint density at radius 2 is 2.19 bits per heavy atom. The molecular formula is C19H25FN6. The molecule has 0 saturated heterocycles. The van der Waals surface area contributed by atoms with Crippen LogP contribution in [0.5, 0.6) is 0 Å². The zero-order valence-electron chi connectivity index (χ0n) is 15.3. The van der Waals surface area contributed by atoms with E-state index in [1.807, 2.05) is 23.7 Å². The molecule has 26 heavy (non-hydrogen) atoms. The highest BCUT2D eigenvalue weighted by atomic mass is 19.1. The van der Waals surface area contributed by atoms with Gasteiger partial charge >= 0.3 is 0 Å². The van der Waals surface area contributed by atoms with Gasteiger partial charge in [-0.15, -0.1) is 0 Å². The van der Waals surface area contributed by atoms with Crippen molar-refractivity contribution in [3.05, 3.63) is 47.3 Å². The minimum Gasteiger partial charge on any atom is -0.356 e. The van der Waals surface area contributed by atoms with Crippen molar-refractivity contribution in [1.82, 2.24) is 25.4 Å². The van der Waals surface area contributed by atoms with Crippen LogP contribution >= 0.6 is 0 Å². The fraction of sp³-hybridized carbons (Fsp3) is 0.526. The van der Waals surface area contributed by atoms with Gasteiger partial charge in [0.25, 0.3) is 0 Å². The normalized spacial score (nSPS) is 21.2. The van der Waals surface area contributed by atoms with Gasteiger partial charge in [-0.3, -0.25) is 4.99 Å². The molecule has 1 aromatic carbocycles. The van der Waals surface area contributed by atoms with Crippen LogP contribution in [-0.4, -0.2) is 34.3 Å². The van der Waals surface area contributed by atoms with E-state index in [1.165, 1.54) is 0 Å². The molecule has 2 heterocycles. The van der Waals surface area contributed by atoms with Crippen LogP contribution in [0.3, 0.4) is 0 Å². The first-order valence-corrected chi connectivity index (χ1v) is 9.25. The lowest BCUT2D eigenvalue weighted by Gasteiger charge is -2.26. The molecule has 0 radical (unpaired) electrons. The number of nitrogens with zero attached hydrogens (tertiary/aromatic N) is 4. The third kappa shape index (κ3) is 3.18. The first kappa shape index (κ1) is 17.0. The van der Waals surface area contributed by atoms with Gasteiger partial charge in [-0.25, -0.2) is 14.1 Å². The lowest BCUT2D eigenvalue weighted by molar-refractivity contribution is 0.397. The van der Waals surface area contributed by atoms with E-state index in [2.05, 4.69) is 25.7 Å². The third-order valence-electron chi connectivity index (χ3n) is 5.41. The first-order valence-electron chi connectivity index (χ1n) is 9.25. The van der Waals surface area contributed by atoms with Crippen molar-refractivity contribution < 1.29 is 4.39 Å². The van der Waals surface area contributed by atoms with Gasteiger partial charge in [0.1, 0.15) is 17.5 Å². The van der Waals surface area contributed by atoms with Crippen molar-refractivity contribution in [3.8, 4) is 0 Å². The molecule has 7 heteroatoms. The molecule has 1 atom stereocenters. The lowest BCUT2D eigenvalue weighted by atomic mass is 9.95. The van der Waals surface area contributed by atoms with Crippen molar-refractivity contribution >= 4 is 5.96 Å². The van der Waals surface area contributed by atoms with Crippen molar-refractivity contribution in [2.45, 2.75) is 50.6 Å². The molecule has 2 N–H and O–H groups in total. The van der Waals surface area contributed by atoms with Crippen molar-refractivity contribution in [3.63, 3.8) is 0 Å². The topological polar surface area (TPSA) is 67.1 Å². The Morgan fingerprint density at radius 1 is 1.38 bits per heavy atom. The molecule has 0 bridgehead atoms. The van der Waals surface area contributed by atoms with Gasteiger partial charge in [-0.05, 0) is 44.2 Å². The third-order valence-corrected chi connectivity index (χ3v) is 5.41. The van der Waals surface area contributed by atoms with Crippen LogP contribution in [0.4, 0.5) is 4.39 Å². The maximum Gasteiger partial charge on any atom is 0.191 e. The quantitative estimate of drug-likeness (QED) is 0.652. The molecular weight excluding hydrogens is 331 g/mol. The van der Waals surface area contributed by atoms with Crippen LogP contribution < -0.4 is 10.6 Å². The molecule has 6 nitrogen and oxygen atoms in total. The number of nitrogens with one attached hydrogen (secondary N) is 2. The molecule has 2 aromatic rings. The summed E-state index contributed by atoms with van der Waals surface area (Å²) < 4.78 is 16.2. The van der Waals surface area contributed by atoms with Crippen LogP contribution in [0.1, 0.15) is 48.9 Å². The number of hydrogen-bond acceptors (Lipinski definition) is 3. The summed E-state index contributed by atoms with van der Waals surface area (Å²) in [6.45, 7) is 3.50. The van der Waals surface area contributed by atoms with E-state index in [1.54, 1.807) is 19.2 Å². The molecule has 1 aromatic heterocycles. The van der Waals surface area contributed by atoms with Crippen molar-refractivity contribution in [1.29, 1.82) is 0 Å². The molecule has 4 rings (SSSR count). The average molecular weight is 356 g/mol. The molecule has 1 saturated carbocycles. The highest BCUT2D eigenvalue weighted by Crippen LogP contribution is 2.48. The summed E-state index contributed by atoms with van der Waals surface area (Å²) >= 11 is 0. The molecule has 0 spiro atoms. The summed E-state index contributed by atoms with van der Waals surface area (Å²) in [5, 5.41) is 11.3. The highest BCUT2D eigenvalue weighted by Gasteiger charge is 2.45. The second-order valence-electron chi connectivity index (χ2n) is 7.27. The second kappa shape index (κ2) is 6.70. The Hall–Kier alpha value is -2.44. The number of fused-ring (bicyclic) bond motifs is 1. The van der Waals surface area contributed by atoms with Gasteiger partial charge in [0.2, 0.25) is 0 Å². The van der Waals surface area contributed by atoms with E-state index in [0.29, 0.717) is 6.54 Å². The van der Waals surface area contributed by atoms with Gasteiger partial charge in [0.15, 0.2) is 5.96 Å². The number of aromatic nitrogens is 3. The molecule has 1 fully saturated rings. The summed E-state index contributed by atoms with van der Waals surface area (Å²) in [6, 6.07) is 7.18. The number of hydrogen-bond donors (Lipinski definition) is 2. The van der Waals surface area contributed by atoms with Crippen LogP contribution in [0.25, 0.3) is 0 Å². The highest BCUT2D eigenvalue weighted by molar-refractivity contribution is 5.80.